The number of pyridine rings is 1. The average molecular weight is 842 g/mol. The molecule has 3 fully saturated rings. The molecule has 4 aliphatic heterocycles. The van der Waals surface area contributed by atoms with Crippen LogP contribution in [0.4, 0.5) is 11.4 Å². The van der Waals surface area contributed by atoms with Crippen molar-refractivity contribution < 1.29 is 23.9 Å². The number of nitrogens with zero attached hydrogens (tertiary/aromatic N) is 4. The van der Waals surface area contributed by atoms with Gasteiger partial charge in [0.25, 0.3) is 17.4 Å². The minimum Gasteiger partial charge on any atom is -0.381 e. The second kappa shape index (κ2) is 18.3. The fraction of sp³-hybridized carbons (Fsp3) is 0.449. The summed E-state index contributed by atoms with van der Waals surface area (Å²) in [5.74, 6) is -1.04. The zero-order valence-corrected chi connectivity index (χ0v) is 36.6. The molecule has 3 N–H and O–H groups in total. The lowest BCUT2D eigenvalue weighted by atomic mass is 9.94. The number of piperidine rings is 2. The summed E-state index contributed by atoms with van der Waals surface area (Å²) in [7, 11) is 2.17. The van der Waals surface area contributed by atoms with Crippen LogP contribution in [0.25, 0.3) is 11.1 Å². The molecule has 3 saturated heterocycles. The number of imide groups is 1. The molecule has 0 spiro atoms. The Morgan fingerprint density at radius 1 is 0.871 bits per heavy atom. The van der Waals surface area contributed by atoms with E-state index in [-0.39, 0.29) is 36.2 Å². The number of hydrogen-bond donors (Lipinski definition) is 3. The third-order valence-electron chi connectivity index (χ3n) is 13.5. The number of hydrogen-bond acceptors (Lipinski definition) is 9. The maximum Gasteiger partial charge on any atom is 0.255 e. The van der Waals surface area contributed by atoms with Gasteiger partial charge in [0.05, 0.1) is 0 Å². The van der Waals surface area contributed by atoms with Gasteiger partial charge in [0, 0.05) is 105 Å². The molecule has 62 heavy (non-hydrogen) atoms. The van der Waals surface area contributed by atoms with Crippen molar-refractivity contribution in [2.75, 3.05) is 49.7 Å². The van der Waals surface area contributed by atoms with Crippen LogP contribution in [0.2, 0.25) is 0 Å². The average Bonchev–Trinajstić information content (AvgIpc) is 3.59. The van der Waals surface area contributed by atoms with Crippen LogP contribution in [0.1, 0.15) is 99.7 Å². The van der Waals surface area contributed by atoms with Crippen molar-refractivity contribution in [1.29, 1.82) is 0 Å². The van der Waals surface area contributed by atoms with Gasteiger partial charge in [-0.25, -0.2) is 0 Å². The Labute approximate surface area is 363 Å². The Morgan fingerprint density at radius 2 is 1.61 bits per heavy atom. The summed E-state index contributed by atoms with van der Waals surface area (Å²) < 4.78 is 5.71. The normalized spacial score (nSPS) is 18.6. The number of carbonyl (C=O) groups is 4. The Kier molecular flexibility index (Phi) is 12.6. The molecule has 3 aromatic carbocycles. The molecule has 8 rings (SSSR count). The number of ether oxygens (including phenoxy) is 1. The number of fused-ring (bicyclic) bond motifs is 1. The van der Waals surface area contributed by atoms with Crippen molar-refractivity contribution in [3.05, 3.63) is 116 Å². The number of H-pyrrole nitrogens is 1. The maximum absolute atomic E-state index is 14.0. The zero-order chi connectivity index (χ0) is 43.7. The number of anilines is 2. The third kappa shape index (κ3) is 8.92. The molecule has 5 heterocycles. The van der Waals surface area contributed by atoms with Crippen LogP contribution in [0, 0.1) is 20.8 Å². The summed E-state index contributed by atoms with van der Waals surface area (Å²) in [6, 6.07) is 20.9. The van der Waals surface area contributed by atoms with E-state index in [1.165, 1.54) is 5.69 Å². The van der Waals surface area contributed by atoms with Crippen LogP contribution >= 0.6 is 0 Å². The monoisotopic (exact) mass is 841 g/mol. The Balaban J connectivity index is 0.934. The Hall–Kier alpha value is -5.79. The van der Waals surface area contributed by atoms with Crippen LogP contribution in [-0.4, -0.2) is 96.4 Å². The number of nitrogens with one attached hydrogen (secondary N) is 3. The molecule has 13 nitrogen and oxygen atoms in total. The molecule has 1 aromatic heterocycles. The van der Waals surface area contributed by atoms with Gasteiger partial charge in [-0.15, -0.1) is 0 Å². The van der Waals surface area contributed by atoms with Gasteiger partial charge in [-0.05, 0) is 137 Å². The second-order valence-corrected chi connectivity index (χ2v) is 17.5. The maximum atomic E-state index is 14.0. The number of amides is 4. The summed E-state index contributed by atoms with van der Waals surface area (Å²) in [5.41, 5.74) is 10.4. The van der Waals surface area contributed by atoms with Gasteiger partial charge in [0.1, 0.15) is 6.04 Å². The number of aromatic amines is 1. The minimum atomic E-state index is -0.616. The highest BCUT2D eigenvalue weighted by Crippen LogP contribution is 2.35. The van der Waals surface area contributed by atoms with Crippen molar-refractivity contribution in [2.24, 2.45) is 0 Å². The van der Waals surface area contributed by atoms with Gasteiger partial charge < -0.3 is 29.7 Å². The standard InChI is InChI=1S/C49H59N7O6/c1-6-55(39-17-21-62-22-18-39)44-26-35(25-41(32(44)4)46(58)50-27-42-30(2)23-31(3)51-47(42)59)34-8-10-38(11-9-34)54-19-15-37(16-20-54)53(5)28-33-7-12-40-36(24-33)29-56(49(40)61)43-13-14-45(57)52-48(43)60/h7-12,23-26,37,39,43H,6,13-22,27-29H2,1-5H3,(H,50,58)(H,51,59)(H,52,57,60). The van der Waals surface area contributed by atoms with Gasteiger partial charge >= 0.3 is 0 Å². The number of benzene rings is 3. The van der Waals surface area contributed by atoms with Crippen molar-refractivity contribution in [3.63, 3.8) is 0 Å². The van der Waals surface area contributed by atoms with E-state index in [1.54, 1.807) is 4.90 Å². The first kappa shape index (κ1) is 42.9. The summed E-state index contributed by atoms with van der Waals surface area (Å²) in [4.78, 5) is 75.9. The zero-order valence-electron chi connectivity index (χ0n) is 36.6. The smallest absolute Gasteiger partial charge is 0.255 e. The molecular formula is C49H59N7O6. The molecule has 0 aliphatic carbocycles. The lowest BCUT2D eigenvalue weighted by Gasteiger charge is -2.38. The van der Waals surface area contributed by atoms with Crippen LogP contribution in [0.5, 0.6) is 0 Å². The van der Waals surface area contributed by atoms with E-state index in [0.717, 1.165) is 110 Å². The molecule has 0 saturated carbocycles. The molecule has 326 valence electrons. The molecule has 0 radical (unpaired) electrons. The van der Waals surface area contributed by atoms with Gasteiger partial charge in [0.15, 0.2) is 0 Å². The molecule has 4 aliphatic rings. The van der Waals surface area contributed by atoms with E-state index in [0.29, 0.717) is 41.7 Å². The van der Waals surface area contributed by atoms with Crippen molar-refractivity contribution in [1.82, 2.24) is 25.4 Å². The summed E-state index contributed by atoms with van der Waals surface area (Å²) in [6.07, 6.45) is 4.48. The molecule has 4 aromatic rings. The van der Waals surface area contributed by atoms with E-state index in [2.05, 4.69) is 80.7 Å². The third-order valence-corrected chi connectivity index (χ3v) is 13.5. The van der Waals surface area contributed by atoms with Gasteiger partial charge in [-0.1, -0.05) is 24.3 Å². The van der Waals surface area contributed by atoms with Crippen molar-refractivity contribution >= 4 is 35.0 Å². The molecule has 4 amide bonds. The Bertz CT molecular complexity index is 2410. The van der Waals surface area contributed by atoms with E-state index >= 15 is 0 Å². The number of carbonyl (C=O) groups excluding carboxylic acids is 4. The number of rotatable bonds is 12. The van der Waals surface area contributed by atoms with E-state index in [1.807, 2.05) is 45.0 Å². The quantitative estimate of drug-likeness (QED) is 0.152. The molecule has 1 unspecified atom stereocenters. The van der Waals surface area contributed by atoms with Gasteiger partial charge in [0.2, 0.25) is 11.8 Å². The molecular weight excluding hydrogens is 783 g/mol. The van der Waals surface area contributed by atoms with E-state index < -0.39 is 11.9 Å². The van der Waals surface area contributed by atoms with Crippen LogP contribution in [0.15, 0.2) is 65.5 Å². The predicted octanol–water partition coefficient (Wildman–Crippen LogP) is 5.76. The number of aryl methyl sites for hydroxylation is 2. The van der Waals surface area contributed by atoms with Crippen LogP contribution in [-0.2, 0) is 34.0 Å². The predicted molar refractivity (Wildman–Crippen MR) is 240 cm³/mol. The van der Waals surface area contributed by atoms with E-state index in [4.69, 9.17) is 4.74 Å². The van der Waals surface area contributed by atoms with Crippen LogP contribution in [0.3, 0.4) is 0 Å². The SMILES string of the molecule is CCN(c1cc(-c2ccc(N3CCC(N(C)Cc4ccc5c(c4)CN(C4CCC(=O)NC4=O)C5=O)CC3)cc2)cc(C(=O)NCc2c(C)cc(C)[nH]c2=O)c1C)C1CCOCC1. The molecule has 0 bridgehead atoms. The second-order valence-electron chi connectivity index (χ2n) is 17.5. The highest BCUT2D eigenvalue weighted by atomic mass is 16.5. The van der Waals surface area contributed by atoms with Crippen molar-refractivity contribution in [3.8, 4) is 11.1 Å². The lowest BCUT2D eigenvalue weighted by molar-refractivity contribution is -0.136. The largest absolute Gasteiger partial charge is 0.381 e. The first-order valence-electron chi connectivity index (χ1n) is 22.2. The first-order valence-corrected chi connectivity index (χ1v) is 22.2. The topological polar surface area (TPSA) is 147 Å². The number of aromatic nitrogens is 1. The van der Waals surface area contributed by atoms with Gasteiger partial charge in [-0.2, -0.15) is 0 Å². The highest BCUT2D eigenvalue weighted by Gasteiger charge is 2.39. The summed E-state index contributed by atoms with van der Waals surface area (Å²) >= 11 is 0. The highest BCUT2D eigenvalue weighted by molar-refractivity contribution is 6.05. The first-order chi connectivity index (χ1) is 29.9. The van der Waals surface area contributed by atoms with Crippen molar-refractivity contribution in [2.45, 2.75) is 104 Å². The summed E-state index contributed by atoms with van der Waals surface area (Å²) in [6.45, 7) is 13.3. The fourth-order valence-electron chi connectivity index (χ4n) is 9.96. The summed E-state index contributed by atoms with van der Waals surface area (Å²) in [5, 5.41) is 5.44. The minimum absolute atomic E-state index is 0.140. The fourth-order valence-corrected chi connectivity index (χ4v) is 9.96. The lowest BCUT2D eigenvalue weighted by Crippen LogP contribution is -2.52. The Morgan fingerprint density at radius 3 is 2.31 bits per heavy atom. The molecule has 13 heteroatoms. The van der Waals surface area contributed by atoms with Gasteiger partial charge in [-0.3, -0.25) is 34.2 Å². The van der Waals surface area contributed by atoms with Crippen LogP contribution < -0.4 is 26.0 Å². The van der Waals surface area contributed by atoms with E-state index in [9.17, 15) is 24.0 Å². The molecule has 1 atom stereocenters.